The van der Waals surface area contributed by atoms with E-state index in [-0.39, 0.29) is 30.1 Å². The Bertz CT molecular complexity index is 846. The van der Waals surface area contributed by atoms with E-state index in [0.717, 1.165) is 5.56 Å². The minimum Gasteiger partial charge on any atom is -0.363 e. The molecular weight excluding hydrogens is 332 g/mol. The molecule has 1 saturated heterocycles. The van der Waals surface area contributed by atoms with Crippen molar-refractivity contribution in [3.63, 3.8) is 0 Å². The Morgan fingerprint density at radius 1 is 1.23 bits per heavy atom. The first-order chi connectivity index (χ1) is 12.4. The Morgan fingerprint density at radius 2 is 1.96 bits per heavy atom. The van der Waals surface area contributed by atoms with Gasteiger partial charge in [0.15, 0.2) is 0 Å². The molecule has 2 N–H and O–H groups in total. The van der Waals surface area contributed by atoms with Crippen LogP contribution in [-0.4, -0.2) is 36.8 Å². The van der Waals surface area contributed by atoms with Crippen LogP contribution in [0.4, 0.5) is 11.5 Å². The molecular formula is C19H20N4O3. The third kappa shape index (κ3) is 4.05. The Hall–Kier alpha value is -3.22. The lowest BCUT2D eigenvalue weighted by Gasteiger charge is -2.12. The van der Waals surface area contributed by atoms with E-state index in [1.54, 1.807) is 30.5 Å². The molecule has 1 fully saturated rings. The summed E-state index contributed by atoms with van der Waals surface area (Å²) in [7, 11) is 3.72. The molecule has 2 aromatic rings. The van der Waals surface area contributed by atoms with E-state index in [1.165, 1.54) is 0 Å². The van der Waals surface area contributed by atoms with Gasteiger partial charge in [-0.1, -0.05) is 12.1 Å². The number of aromatic nitrogens is 1. The maximum Gasteiger partial charge on any atom is 0.255 e. The predicted octanol–water partition coefficient (Wildman–Crippen LogP) is 1.61. The molecule has 1 aromatic heterocycles. The lowest BCUT2D eigenvalue weighted by atomic mass is 9.98. The number of amides is 3. The quantitative estimate of drug-likeness (QED) is 0.798. The highest BCUT2D eigenvalue weighted by molar-refractivity contribution is 6.05. The third-order valence-electron chi connectivity index (χ3n) is 4.23. The van der Waals surface area contributed by atoms with Crippen LogP contribution in [0, 0.1) is 5.92 Å². The van der Waals surface area contributed by atoms with Crippen LogP contribution in [0.2, 0.25) is 0 Å². The molecule has 1 atom stereocenters. The van der Waals surface area contributed by atoms with Crippen LogP contribution >= 0.6 is 0 Å². The number of rotatable bonds is 5. The second kappa shape index (κ2) is 7.35. The summed E-state index contributed by atoms with van der Waals surface area (Å²) in [5.74, 6) is -0.272. The zero-order chi connectivity index (χ0) is 18.7. The van der Waals surface area contributed by atoms with Crippen LogP contribution in [0.1, 0.15) is 22.3 Å². The highest BCUT2D eigenvalue weighted by Crippen LogP contribution is 2.19. The Morgan fingerprint density at radius 3 is 2.58 bits per heavy atom. The third-order valence-corrected chi connectivity index (χ3v) is 4.23. The lowest BCUT2D eigenvalue weighted by Crippen LogP contribution is -2.22. The fourth-order valence-corrected chi connectivity index (χ4v) is 2.79. The van der Waals surface area contributed by atoms with Crippen molar-refractivity contribution in [3.05, 3.63) is 53.7 Å². The molecule has 0 bridgehead atoms. The van der Waals surface area contributed by atoms with E-state index in [4.69, 9.17) is 0 Å². The first-order valence-electron chi connectivity index (χ1n) is 8.30. The standard InChI is InChI=1S/C19H20N4O3/c1-23(2)16-10-13(7-8-20-16)18(25)21-15-5-3-12(4-6-15)9-14-11-17(24)22-19(14)26/h3-8,10,14H,9,11H2,1-2H3,(H,21,25)(H,22,24,26)/t14-/m0/s1. The number of carbonyl (C=O) groups excluding carboxylic acids is 3. The Labute approximate surface area is 151 Å². The van der Waals surface area contributed by atoms with Gasteiger partial charge in [-0.15, -0.1) is 0 Å². The van der Waals surface area contributed by atoms with E-state index in [9.17, 15) is 14.4 Å². The van der Waals surface area contributed by atoms with Gasteiger partial charge in [-0.3, -0.25) is 19.7 Å². The molecule has 0 saturated carbocycles. The Balaban J connectivity index is 1.64. The largest absolute Gasteiger partial charge is 0.363 e. The molecule has 7 nitrogen and oxygen atoms in total. The summed E-state index contributed by atoms with van der Waals surface area (Å²) in [6.45, 7) is 0. The summed E-state index contributed by atoms with van der Waals surface area (Å²) >= 11 is 0. The normalized spacial score (nSPS) is 16.3. The van der Waals surface area contributed by atoms with Crippen LogP contribution in [0.25, 0.3) is 0 Å². The first kappa shape index (κ1) is 17.6. The van der Waals surface area contributed by atoms with E-state index < -0.39 is 0 Å². The highest BCUT2D eigenvalue weighted by atomic mass is 16.2. The van der Waals surface area contributed by atoms with Gasteiger partial charge in [-0.25, -0.2) is 4.98 Å². The van der Waals surface area contributed by atoms with E-state index in [1.807, 2.05) is 31.1 Å². The number of hydrogen-bond donors (Lipinski definition) is 2. The van der Waals surface area contributed by atoms with E-state index >= 15 is 0 Å². The fourth-order valence-electron chi connectivity index (χ4n) is 2.79. The van der Waals surface area contributed by atoms with Crippen LogP contribution in [0.3, 0.4) is 0 Å². The first-order valence-corrected chi connectivity index (χ1v) is 8.30. The van der Waals surface area contributed by atoms with Crippen molar-refractivity contribution in [1.82, 2.24) is 10.3 Å². The van der Waals surface area contributed by atoms with Gasteiger partial charge in [0.2, 0.25) is 11.8 Å². The summed E-state index contributed by atoms with van der Waals surface area (Å²) in [4.78, 5) is 41.3. The second-order valence-corrected chi connectivity index (χ2v) is 6.47. The minimum atomic E-state index is -0.316. The zero-order valence-corrected chi connectivity index (χ0v) is 14.7. The number of nitrogens with zero attached hydrogens (tertiary/aromatic N) is 2. The second-order valence-electron chi connectivity index (χ2n) is 6.47. The summed E-state index contributed by atoms with van der Waals surface area (Å²) in [5, 5.41) is 5.15. The molecule has 7 heteroatoms. The maximum absolute atomic E-state index is 12.4. The molecule has 3 rings (SSSR count). The van der Waals surface area contributed by atoms with E-state index in [0.29, 0.717) is 23.5 Å². The number of hydrogen-bond acceptors (Lipinski definition) is 5. The number of benzene rings is 1. The molecule has 1 aliphatic heterocycles. The van der Waals surface area contributed by atoms with Gasteiger partial charge >= 0.3 is 0 Å². The van der Waals surface area contributed by atoms with Crippen LogP contribution in [-0.2, 0) is 16.0 Å². The molecule has 1 aliphatic rings. The van der Waals surface area contributed by atoms with Gasteiger partial charge in [0.1, 0.15) is 5.82 Å². The van der Waals surface area contributed by atoms with Crippen LogP contribution in [0.15, 0.2) is 42.6 Å². The van der Waals surface area contributed by atoms with Gasteiger partial charge in [0.25, 0.3) is 5.91 Å². The monoisotopic (exact) mass is 352 g/mol. The number of carbonyl (C=O) groups is 3. The van der Waals surface area contributed by atoms with Crippen molar-refractivity contribution < 1.29 is 14.4 Å². The molecule has 0 unspecified atom stereocenters. The van der Waals surface area contributed by atoms with Crippen molar-refractivity contribution in [1.29, 1.82) is 0 Å². The lowest BCUT2D eigenvalue weighted by molar-refractivity contribution is -0.125. The number of nitrogens with one attached hydrogen (secondary N) is 2. The highest BCUT2D eigenvalue weighted by Gasteiger charge is 2.30. The minimum absolute atomic E-state index is 0.219. The van der Waals surface area contributed by atoms with E-state index in [2.05, 4.69) is 15.6 Å². The zero-order valence-electron chi connectivity index (χ0n) is 14.7. The van der Waals surface area contributed by atoms with Crippen LogP contribution in [0.5, 0.6) is 0 Å². The molecule has 3 amide bonds. The predicted molar refractivity (Wildman–Crippen MR) is 97.9 cm³/mol. The molecule has 0 spiro atoms. The van der Waals surface area contributed by atoms with Gasteiger partial charge < -0.3 is 10.2 Å². The number of pyridine rings is 1. The van der Waals surface area contributed by atoms with Crippen LogP contribution < -0.4 is 15.5 Å². The topological polar surface area (TPSA) is 91.4 Å². The van der Waals surface area contributed by atoms with Crippen molar-refractivity contribution in [2.75, 3.05) is 24.3 Å². The molecule has 0 aliphatic carbocycles. The maximum atomic E-state index is 12.4. The average molecular weight is 352 g/mol. The van der Waals surface area contributed by atoms with Gasteiger partial charge in [0, 0.05) is 38.0 Å². The summed E-state index contributed by atoms with van der Waals surface area (Å²) < 4.78 is 0. The van der Waals surface area contributed by atoms with Gasteiger partial charge in [-0.05, 0) is 36.2 Å². The molecule has 26 heavy (non-hydrogen) atoms. The smallest absolute Gasteiger partial charge is 0.255 e. The fraction of sp³-hybridized carbons (Fsp3) is 0.263. The van der Waals surface area contributed by atoms with Crippen molar-refractivity contribution in [2.24, 2.45) is 5.92 Å². The molecule has 2 heterocycles. The molecule has 0 radical (unpaired) electrons. The average Bonchev–Trinajstić information content (AvgIpc) is 2.94. The van der Waals surface area contributed by atoms with Gasteiger partial charge in [0.05, 0.1) is 5.92 Å². The summed E-state index contributed by atoms with van der Waals surface area (Å²) in [6.07, 6.45) is 2.33. The summed E-state index contributed by atoms with van der Waals surface area (Å²) in [6, 6.07) is 10.7. The number of imide groups is 1. The number of anilines is 2. The summed E-state index contributed by atoms with van der Waals surface area (Å²) in [5.41, 5.74) is 2.12. The Kier molecular flexibility index (Phi) is 4.97. The van der Waals surface area contributed by atoms with Gasteiger partial charge in [-0.2, -0.15) is 0 Å². The molecule has 1 aromatic carbocycles. The van der Waals surface area contributed by atoms with Crippen molar-refractivity contribution >= 4 is 29.2 Å². The molecule has 134 valence electrons. The SMILES string of the molecule is CN(C)c1cc(C(=O)Nc2ccc(C[C@H]3CC(=O)NC3=O)cc2)ccn1. The van der Waals surface area contributed by atoms with Crippen molar-refractivity contribution in [2.45, 2.75) is 12.8 Å². The van der Waals surface area contributed by atoms with Crippen molar-refractivity contribution in [3.8, 4) is 0 Å².